The highest BCUT2D eigenvalue weighted by atomic mass is 35.5. The highest BCUT2D eigenvalue weighted by molar-refractivity contribution is 6.30. The Kier molecular flexibility index (Phi) is 3.56. The van der Waals surface area contributed by atoms with E-state index in [1.54, 1.807) is 0 Å². The lowest BCUT2D eigenvalue weighted by Crippen LogP contribution is -2.55. The van der Waals surface area contributed by atoms with E-state index in [2.05, 4.69) is 0 Å². The molecule has 1 atom stereocenters. The molecule has 1 unspecified atom stereocenters. The number of aliphatic carboxylic acids is 1. The van der Waals surface area contributed by atoms with Crippen molar-refractivity contribution < 1.29 is 23.1 Å². The Balaban J connectivity index is 3.08. The number of carbonyl (C=O) groups is 1. The fourth-order valence-electron chi connectivity index (χ4n) is 1.10. The molecule has 2 N–H and O–H groups in total. The zero-order chi connectivity index (χ0) is 13.3. The van der Waals surface area contributed by atoms with Crippen molar-refractivity contribution in [3.63, 3.8) is 0 Å². The molecule has 3 nitrogen and oxygen atoms in total. The Bertz CT molecular complexity index is 436. The maximum Gasteiger partial charge on any atom is 0.422 e. The number of nitrogens with one attached hydrogen (secondary N) is 1. The number of alkyl halides is 3. The lowest BCUT2D eigenvalue weighted by atomic mass is 10.0. The SMILES string of the molecule is CC(Nc1cccc(Cl)c1)(C(=O)O)C(F)(F)F. The van der Waals surface area contributed by atoms with E-state index in [9.17, 15) is 18.0 Å². The van der Waals surface area contributed by atoms with Gasteiger partial charge in [0.15, 0.2) is 0 Å². The number of anilines is 1. The minimum atomic E-state index is -4.93. The molecule has 17 heavy (non-hydrogen) atoms. The summed E-state index contributed by atoms with van der Waals surface area (Å²) in [6.45, 7) is 0.552. The molecule has 1 aromatic rings. The summed E-state index contributed by atoms with van der Waals surface area (Å²) in [7, 11) is 0. The first-order chi connectivity index (χ1) is 7.67. The number of rotatable bonds is 3. The quantitative estimate of drug-likeness (QED) is 0.884. The van der Waals surface area contributed by atoms with Crippen molar-refractivity contribution in [3.8, 4) is 0 Å². The van der Waals surface area contributed by atoms with E-state index in [1.165, 1.54) is 24.3 Å². The minimum absolute atomic E-state index is 0.0141. The third kappa shape index (κ3) is 2.82. The second-order valence-corrected chi connectivity index (χ2v) is 4.00. The molecule has 0 spiro atoms. The standard InChI is InChI=1S/C10H9ClF3NO2/c1-9(8(16)17,10(12,13)14)15-7-4-2-3-6(11)5-7/h2-5,15H,1H3,(H,16,17). The van der Waals surface area contributed by atoms with Crippen LogP contribution in [0, 0.1) is 0 Å². The second kappa shape index (κ2) is 4.44. The summed E-state index contributed by atoms with van der Waals surface area (Å²) in [5, 5.41) is 10.8. The molecule has 0 aliphatic heterocycles. The first-order valence-corrected chi connectivity index (χ1v) is 4.88. The maximum absolute atomic E-state index is 12.7. The van der Waals surface area contributed by atoms with Gasteiger partial charge in [-0.3, -0.25) is 0 Å². The van der Waals surface area contributed by atoms with Crippen molar-refractivity contribution >= 4 is 23.3 Å². The summed E-state index contributed by atoms with van der Waals surface area (Å²) in [4.78, 5) is 10.7. The molecule has 0 fully saturated rings. The molecule has 0 aliphatic rings. The van der Waals surface area contributed by atoms with Crippen molar-refractivity contribution in [2.45, 2.75) is 18.6 Å². The van der Waals surface area contributed by atoms with E-state index in [4.69, 9.17) is 16.7 Å². The number of carboxylic acid groups (broad SMARTS) is 1. The summed E-state index contributed by atoms with van der Waals surface area (Å²) in [6, 6.07) is 5.41. The molecule has 0 saturated carbocycles. The van der Waals surface area contributed by atoms with Crippen LogP contribution in [0.1, 0.15) is 6.92 Å². The third-order valence-electron chi connectivity index (χ3n) is 2.21. The Labute approximate surface area is 100 Å². The Hall–Kier alpha value is -1.43. The molecule has 0 aromatic heterocycles. The van der Waals surface area contributed by atoms with Gasteiger partial charge in [0.25, 0.3) is 0 Å². The number of benzene rings is 1. The van der Waals surface area contributed by atoms with Gasteiger partial charge < -0.3 is 10.4 Å². The minimum Gasteiger partial charge on any atom is -0.479 e. The van der Waals surface area contributed by atoms with Crippen LogP contribution in [0.5, 0.6) is 0 Å². The van der Waals surface area contributed by atoms with Crippen LogP contribution in [0.15, 0.2) is 24.3 Å². The van der Waals surface area contributed by atoms with Gasteiger partial charge >= 0.3 is 12.1 Å². The van der Waals surface area contributed by atoms with E-state index in [0.717, 1.165) is 0 Å². The van der Waals surface area contributed by atoms with E-state index >= 15 is 0 Å². The maximum atomic E-state index is 12.7. The monoisotopic (exact) mass is 267 g/mol. The van der Waals surface area contributed by atoms with Crippen LogP contribution in [-0.2, 0) is 4.79 Å². The van der Waals surface area contributed by atoms with Gasteiger partial charge in [-0.05, 0) is 25.1 Å². The van der Waals surface area contributed by atoms with Crippen molar-refractivity contribution in [1.82, 2.24) is 0 Å². The number of hydrogen-bond donors (Lipinski definition) is 2. The van der Waals surface area contributed by atoms with Gasteiger partial charge in [0.05, 0.1) is 0 Å². The fraction of sp³-hybridized carbons (Fsp3) is 0.300. The van der Waals surface area contributed by atoms with Crippen LogP contribution in [0.4, 0.5) is 18.9 Å². The Morgan fingerprint density at radius 1 is 1.41 bits per heavy atom. The van der Waals surface area contributed by atoms with Crippen molar-refractivity contribution in [1.29, 1.82) is 0 Å². The lowest BCUT2D eigenvalue weighted by Gasteiger charge is -2.29. The average Bonchev–Trinajstić information content (AvgIpc) is 2.15. The van der Waals surface area contributed by atoms with Gasteiger partial charge in [-0.25, -0.2) is 4.79 Å². The van der Waals surface area contributed by atoms with E-state index in [-0.39, 0.29) is 10.7 Å². The van der Waals surface area contributed by atoms with Crippen molar-refractivity contribution in [2.75, 3.05) is 5.32 Å². The van der Waals surface area contributed by atoms with Gasteiger partial charge in [-0.1, -0.05) is 17.7 Å². The van der Waals surface area contributed by atoms with Crippen LogP contribution in [0.25, 0.3) is 0 Å². The molecule has 0 saturated heterocycles. The van der Waals surface area contributed by atoms with Crippen LogP contribution in [0.3, 0.4) is 0 Å². The molecule has 0 bridgehead atoms. The van der Waals surface area contributed by atoms with Crippen molar-refractivity contribution in [2.24, 2.45) is 0 Å². The first-order valence-electron chi connectivity index (χ1n) is 4.51. The fourth-order valence-corrected chi connectivity index (χ4v) is 1.29. The largest absolute Gasteiger partial charge is 0.479 e. The molecule has 0 heterocycles. The van der Waals surface area contributed by atoms with Crippen LogP contribution >= 0.6 is 11.6 Å². The summed E-state index contributed by atoms with van der Waals surface area (Å²) < 4.78 is 38.0. The molecule has 0 aliphatic carbocycles. The summed E-state index contributed by atoms with van der Waals surface area (Å²) in [5.41, 5.74) is -3.07. The second-order valence-electron chi connectivity index (χ2n) is 3.56. The molecule has 1 rings (SSSR count). The lowest BCUT2D eigenvalue weighted by molar-refractivity contribution is -0.192. The van der Waals surface area contributed by atoms with Gasteiger partial charge in [-0.15, -0.1) is 0 Å². The van der Waals surface area contributed by atoms with Crippen LogP contribution in [-0.4, -0.2) is 22.8 Å². The summed E-state index contributed by atoms with van der Waals surface area (Å²) in [6.07, 6.45) is -4.93. The normalized spacial score (nSPS) is 15.1. The zero-order valence-electron chi connectivity index (χ0n) is 8.68. The van der Waals surface area contributed by atoms with Crippen LogP contribution < -0.4 is 5.32 Å². The van der Waals surface area contributed by atoms with E-state index in [1.807, 2.05) is 5.32 Å². The Morgan fingerprint density at radius 3 is 2.41 bits per heavy atom. The van der Waals surface area contributed by atoms with E-state index in [0.29, 0.717) is 6.92 Å². The smallest absolute Gasteiger partial charge is 0.422 e. The number of hydrogen-bond acceptors (Lipinski definition) is 2. The Morgan fingerprint density at radius 2 is 2.00 bits per heavy atom. The van der Waals surface area contributed by atoms with E-state index < -0.39 is 17.7 Å². The third-order valence-corrected chi connectivity index (χ3v) is 2.45. The topological polar surface area (TPSA) is 49.3 Å². The van der Waals surface area contributed by atoms with Crippen molar-refractivity contribution in [3.05, 3.63) is 29.3 Å². The zero-order valence-corrected chi connectivity index (χ0v) is 9.43. The molecule has 94 valence electrons. The predicted molar refractivity (Wildman–Crippen MR) is 57.2 cm³/mol. The molecule has 7 heteroatoms. The predicted octanol–water partition coefficient (Wildman–Crippen LogP) is 3.16. The highest BCUT2D eigenvalue weighted by Gasteiger charge is 2.57. The first kappa shape index (κ1) is 13.6. The van der Waals surface area contributed by atoms with Gasteiger partial charge in [0.1, 0.15) is 0 Å². The molecular weight excluding hydrogens is 259 g/mol. The highest BCUT2D eigenvalue weighted by Crippen LogP contribution is 2.34. The van der Waals surface area contributed by atoms with Gasteiger partial charge in [0, 0.05) is 10.7 Å². The molecule has 0 radical (unpaired) electrons. The molecule has 1 aromatic carbocycles. The molecule has 0 amide bonds. The molecular formula is C10H9ClF3NO2. The van der Waals surface area contributed by atoms with Gasteiger partial charge in [0.2, 0.25) is 5.54 Å². The average molecular weight is 268 g/mol. The number of halogens is 4. The number of carboxylic acids is 1. The van der Waals surface area contributed by atoms with Crippen LogP contribution in [0.2, 0.25) is 5.02 Å². The summed E-state index contributed by atoms with van der Waals surface area (Å²) in [5.74, 6) is -2.01. The van der Waals surface area contributed by atoms with Gasteiger partial charge in [-0.2, -0.15) is 13.2 Å². The summed E-state index contributed by atoms with van der Waals surface area (Å²) >= 11 is 5.60.